The molecule has 0 fully saturated rings. The van der Waals surface area contributed by atoms with Crippen molar-refractivity contribution >= 4 is 5.69 Å². The molecular formula is C16H17N5. The van der Waals surface area contributed by atoms with E-state index in [0.29, 0.717) is 6.54 Å². The first kappa shape index (κ1) is 13.3. The lowest BCUT2D eigenvalue weighted by atomic mass is 10.1. The molecule has 1 aromatic heterocycles. The Hall–Kier alpha value is -2.69. The summed E-state index contributed by atoms with van der Waals surface area (Å²) in [6.07, 6.45) is 0.724. The molecule has 0 atom stereocenters. The van der Waals surface area contributed by atoms with Gasteiger partial charge in [-0.3, -0.25) is 0 Å². The van der Waals surface area contributed by atoms with E-state index >= 15 is 0 Å². The molecule has 0 amide bonds. The molecule has 2 aromatic carbocycles. The van der Waals surface area contributed by atoms with Crippen molar-refractivity contribution in [2.75, 3.05) is 5.73 Å². The topological polar surface area (TPSA) is 69.6 Å². The summed E-state index contributed by atoms with van der Waals surface area (Å²) in [6.45, 7) is 2.73. The Kier molecular flexibility index (Phi) is 3.64. The second-order valence-corrected chi connectivity index (χ2v) is 5.16. The van der Waals surface area contributed by atoms with E-state index in [1.54, 1.807) is 0 Å². The number of nitrogens with two attached hydrogens (primary N) is 1. The Balaban J connectivity index is 1.77. The van der Waals surface area contributed by atoms with Crippen LogP contribution >= 0.6 is 0 Å². The van der Waals surface area contributed by atoms with Crippen LogP contribution in [0.4, 0.5) is 5.69 Å². The van der Waals surface area contributed by atoms with Crippen molar-refractivity contribution in [1.82, 2.24) is 20.2 Å². The van der Waals surface area contributed by atoms with Crippen LogP contribution in [0.3, 0.4) is 0 Å². The van der Waals surface area contributed by atoms with E-state index in [-0.39, 0.29) is 0 Å². The Morgan fingerprint density at radius 1 is 0.952 bits per heavy atom. The highest BCUT2D eigenvalue weighted by Crippen LogP contribution is 2.11. The average Bonchev–Trinajstić information content (AvgIpc) is 2.91. The molecule has 0 aliphatic rings. The Morgan fingerprint density at radius 2 is 1.62 bits per heavy atom. The minimum absolute atomic E-state index is 0.647. The van der Waals surface area contributed by atoms with Crippen LogP contribution in [0.5, 0.6) is 0 Å². The van der Waals surface area contributed by atoms with Crippen molar-refractivity contribution in [1.29, 1.82) is 0 Å². The number of tetrazole rings is 1. The number of aryl methyl sites for hydroxylation is 1. The molecule has 0 unspecified atom stereocenters. The smallest absolute Gasteiger partial charge is 0.156 e. The molecule has 1 heterocycles. The summed E-state index contributed by atoms with van der Waals surface area (Å²) < 4.78 is 1.82. The lowest BCUT2D eigenvalue weighted by Crippen LogP contribution is -2.08. The second-order valence-electron chi connectivity index (χ2n) is 5.16. The lowest BCUT2D eigenvalue weighted by Gasteiger charge is -2.06. The summed E-state index contributed by atoms with van der Waals surface area (Å²) in [5, 5.41) is 12.0. The van der Waals surface area contributed by atoms with E-state index in [1.165, 1.54) is 11.1 Å². The number of benzene rings is 2. The van der Waals surface area contributed by atoms with Gasteiger partial charge in [0.25, 0.3) is 0 Å². The maximum absolute atomic E-state index is 5.70. The van der Waals surface area contributed by atoms with Gasteiger partial charge in [-0.2, -0.15) is 0 Å². The summed E-state index contributed by atoms with van der Waals surface area (Å²) in [6, 6.07) is 16.2. The van der Waals surface area contributed by atoms with Gasteiger partial charge in [0.1, 0.15) is 0 Å². The van der Waals surface area contributed by atoms with Crippen molar-refractivity contribution in [3.8, 4) is 0 Å². The minimum atomic E-state index is 0.647. The number of hydrogen-bond acceptors (Lipinski definition) is 4. The quantitative estimate of drug-likeness (QED) is 0.743. The molecule has 5 heteroatoms. The molecule has 106 valence electrons. The zero-order valence-electron chi connectivity index (χ0n) is 11.9. The van der Waals surface area contributed by atoms with Gasteiger partial charge in [0.2, 0.25) is 0 Å². The van der Waals surface area contributed by atoms with Gasteiger partial charge in [-0.1, -0.05) is 42.0 Å². The SMILES string of the molecule is Cc1ccc(Cc2nnnn2Cc2ccc(N)cc2)cc1. The molecule has 3 aromatic rings. The summed E-state index contributed by atoms with van der Waals surface area (Å²) in [4.78, 5) is 0. The highest BCUT2D eigenvalue weighted by molar-refractivity contribution is 5.39. The van der Waals surface area contributed by atoms with Gasteiger partial charge in [-0.05, 0) is 40.6 Å². The van der Waals surface area contributed by atoms with Gasteiger partial charge in [0.05, 0.1) is 6.54 Å². The summed E-state index contributed by atoms with van der Waals surface area (Å²) >= 11 is 0. The third kappa shape index (κ3) is 3.25. The maximum atomic E-state index is 5.70. The molecule has 0 spiro atoms. The molecule has 0 bridgehead atoms. The van der Waals surface area contributed by atoms with Crippen LogP contribution in [0.2, 0.25) is 0 Å². The third-order valence-corrected chi connectivity index (χ3v) is 3.40. The molecular weight excluding hydrogens is 262 g/mol. The fourth-order valence-corrected chi connectivity index (χ4v) is 2.16. The van der Waals surface area contributed by atoms with Crippen molar-refractivity contribution in [2.45, 2.75) is 19.9 Å². The van der Waals surface area contributed by atoms with Crippen LogP contribution < -0.4 is 5.73 Å². The predicted molar refractivity (Wildman–Crippen MR) is 81.8 cm³/mol. The number of nitrogen functional groups attached to an aromatic ring is 1. The van der Waals surface area contributed by atoms with Crippen molar-refractivity contribution in [3.05, 3.63) is 71.0 Å². The number of hydrogen-bond donors (Lipinski definition) is 1. The van der Waals surface area contributed by atoms with Crippen LogP contribution in [0.25, 0.3) is 0 Å². The normalized spacial score (nSPS) is 10.7. The number of aromatic nitrogens is 4. The molecule has 2 N–H and O–H groups in total. The molecule has 0 saturated carbocycles. The van der Waals surface area contributed by atoms with Gasteiger partial charge in [-0.25, -0.2) is 4.68 Å². The molecule has 21 heavy (non-hydrogen) atoms. The summed E-state index contributed by atoms with van der Waals surface area (Å²) in [5.74, 6) is 0.857. The standard InChI is InChI=1S/C16H17N5/c1-12-2-4-13(5-3-12)10-16-18-19-20-21(16)11-14-6-8-15(17)9-7-14/h2-9H,10-11,17H2,1H3. The van der Waals surface area contributed by atoms with Gasteiger partial charge < -0.3 is 5.73 Å². The van der Waals surface area contributed by atoms with Crippen molar-refractivity contribution in [2.24, 2.45) is 0 Å². The number of rotatable bonds is 4. The molecule has 0 saturated heterocycles. The largest absolute Gasteiger partial charge is 0.399 e. The Morgan fingerprint density at radius 3 is 2.33 bits per heavy atom. The van der Waals surface area contributed by atoms with Gasteiger partial charge in [-0.15, -0.1) is 5.10 Å². The van der Waals surface area contributed by atoms with Crippen LogP contribution in [0.15, 0.2) is 48.5 Å². The molecule has 0 aliphatic heterocycles. The summed E-state index contributed by atoms with van der Waals surface area (Å²) in [7, 11) is 0. The maximum Gasteiger partial charge on any atom is 0.156 e. The van der Waals surface area contributed by atoms with Gasteiger partial charge in [0.15, 0.2) is 5.82 Å². The Labute approximate surface area is 123 Å². The second kappa shape index (κ2) is 5.75. The van der Waals surface area contributed by atoms with E-state index in [4.69, 9.17) is 5.73 Å². The lowest BCUT2D eigenvalue weighted by molar-refractivity contribution is 0.625. The van der Waals surface area contributed by atoms with Crippen LogP contribution in [0, 0.1) is 6.92 Å². The monoisotopic (exact) mass is 279 g/mol. The van der Waals surface area contributed by atoms with Crippen LogP contribution in [-0.2, 0) is 13.0 Å². The van der Waals surface area contributed by atoms with Crippen molar-refractivity contribution < 1.29 is 0 Å². The van der Waals surface area contributed by atoms with Crippen molar-refractivity contribution in [3.63, 3.8) is 0 Å². The predicted octanol–water partition coefficient (Wildman–Crippen LogP) is 2.20. The van der Waals surface area contributed by atoms with Crippen LogP contribution in [0.1, 0.15) is 22.5 Å². The van der Waals surface area contributed by atoms with Gasteiger partial charge >= 0.3 is 0 Å². The highest BCUT2D eigenvalue weighted by atomic mass is 15.5. The molecule has 0 aliphatic carbocycles. The number of anilines is 1. The average molecular weight is 279 g/mol. The molecule has 3 rings (SSSR count). The van der Waals surface area contributed by atoms with E-state index in [1.807, 2.05) is 28.9 Å². The first-order valence-electron chi connectivity index (χ1n) is 6.86. The summed E-state index contributed by atoms with van der Waals surface area (Å²) in [5.41, 5.74) is 10.0. The zero-order chi connectivity index (χ0) is 14.7. The fourth-order valence-electron chi connectivity index (χ4n) is 2.16. The Bertz CT molecular complexity index is 651. The first-order valence-corrected chi connectivity index (χ1v) is 6.86. The minimum Gasteiger partial charge on any atom is -0.399 e. The fraction of sp³-hybridized carbons (Fsp3) is 0.188. The van der Waals surface area contributed by atoms with Gasteiger partial charge in [0, 0.05) is 12.1 Å². The number of nitrogens with zero attached hydrogens (tertiary/aromatic N) is 4. The van der Waals surface area contributed by atoms with E-state index in [2.05, 4.69) is 46.7 Å². The third-order valence-electron chi connectivity index (χ3n) is 3.40. The molecule has 5 nitrogen and oxygen atoms in total. The van der Waals surface area contributed by atoms with E-state index in [0.717, 1.165) is 23.5 Å². The van der Waals surface area contributed by atoms with E-state index < -0.39 is 0 Å². The zero-order valence-corrected chi connectivity index (χ0v) is 11.9. The molecule has 0 radical (unpaired) electrons. The highest BCUT2D eigenvalue weighted by Gasteiger charge is 2.07. The first-order chi connectivity index (χ1) is 10.2. The van der Waals surface area contributed by atoms with E-state index in [9.17, 15) is 0 Å². The van der Waals surface area contributed by atoms with Crippen LogP contribution in [-0.4, -0.2) is 20.2 Å².